The standard InChI is InChI=1S/C13H10O5/c14-8-5-2-6-9(15)11(8)7-3-1-4-10(16)12(7)13(17)18/h1-6,14-16H,(H,17,18). The molecular formula is C13H10O5. The maximum atomic E-state index is 11.1. The van der Waals surface area contributed by atoms with Crippen molar-refractivity contribution in [3.63, 3.8) is 0 Å². The number of hydrogen-bond acceptors (Lipinski definition) is 4. The van der Waals surface area contributed by atoms with Gasteiger partial charge in [-0.25, -0.2) is 4.79 Å². The Morgan fingerprint density at radius 2 is 1.33 bits per heavy atom. The van der Waals surface area contributed by atoms with E-state index in [-0.39, 0.29) is 28.2 Å². The molecule has 5 nitrogen and oxygen atoms in total. The number of aromatic hydroxyl groups is 3. The van der Waals surface area contributed by atoms with Gasteiger partial charge in [-0.1, -0.05) is 18.2 Å². The summed E-state index contributed by atoms with van der Waals surface area (Å²) in [7, 11) is 0. The molecule has 0 fully saturated rings. The van der Waals surface area contributed by atoms with Gasteiger partial charge in [0.15, 0.2) is 0 Å². The normalized spacial score (nSPS) is 10.2. The molecule has 92 valence electrons. The van der Waals surface area contributed by atoms with E-state index in [0.717, 1.165) is 0 Å². The highest BCUT2D eigenvalue weighted by atomic mass is 16.4. The average Bonchev–Trinajstić information content (AvgIpc) is 2.28. The van der Waals surface area contributed by atoms with Gasteiger partial charge in [-0.15, -0.1) is 0 Å². The second kappa shape index (κ2) is 4.29. The van der Waals surface area contributed by atoms with E-state index in [2.05, 4.69) is 0 Å². The maximum Gasteiger partial charge on any atom is 0.340 e. The highest BCUT2D eigenvalue weighted by Crippen LogP contribution is 2.40. The summed E-state index contributed by atoms with van der Waals surface area (Å²) in [5.41, 5.74) is -0.335. The lowest BCUT2D eigenvalue weighted by Crippen LogP contribution is -2.00. The summed E-state index contributed by atoms with van der Waals surface area (Å²) >= 11 is 0. The lowest BCUT2D eigenvalue weighted by atomic mass is 9.97. The number of phenols is 3. The van der Waals surface area contributed by atoms with Gasteiger partial charge in [0.25, 0.3) is 0 Å². The van der Waals surface area contributed by atoms with Crippen molar-refractivity contribution in [2.45, 2.75) is 0 Å². The van der Waals surface area contributed by atoms with Crippen molar-refractivity contribution in [2.75, 3.05) is 0 Å². The molecule has 0 aromatic heterocycles. The van der Waals surface area contributed by atoms with Gasteiger partial charge >= 0.3 is 5.97 Å². The molecule has 0 amide bonds. The van der Waals surface area contributed by atoms with Crippen molar-refractivity contribution in [1.29, 1.82) is 0 Å². The van der Waals surface area contributed by atoms with Crippen LogP contribution in [0.3, 0.4) is 0 Å². The number of rotatable bonds is 2. The third kappa shape index (κ3) is 1.82. The molecule has 18 heavy (non-hydrogen) atoms. The zero-order valence-electron chi connectivity index (χ0n) is 9.16. The van der Waals surface area contributed by atoms with Crippen molar-refractivity contribution in [2.24, 2.45) is 0 Å². The smallest absolute Gasteiger partial charge is 0.340 e. The summed E-state index contributed by atoms with van der Waals surface area (Å²) < 4.78 is 0. The number of carbonyl (C=O) groups is 1. The van der Waals surface area contributed by atoms with E-state index in [4.69, 9.17) is 5.11 Å². The predicted molar refractivity (Wildman–Crippen MR) is 63.8 cm³/mol. The third-order valence-electron chi connectivity index (χ3n) is 2.55. The first-order valence-corrected chi connectivity index (χ1v) is 5.09. The summed E-state index contributed by atoms with van der Waals surface area (Å²) in [4.78, 5) is 11.1. The highest BCUT2D eigenvalue weighted by molar-refractivity contribution is 6.00. The SMILES string of the molecule is O=C(O)c1c(O)cccc1-c1c(O)cccc1O. The van der Waals surface area contributed by atoms with Crippen LogP contribution in [0.5, 0.6) is 17.2 Å². The highest BCUT2D eigenvalue weighted by Gasteiger charge is 2.20. The summed E-state index contributed by atoms with van der Waals surface area (Å²) in [5.74, 6) is -2.29. The first-order chi connectivity index (χ1) is 8.52. The van der Waals surface area contributed by atoms with Crippen molar-refractivity contribution < 1.29 is 25.2 Å². The fourth-order valence-electron chi connectivity index (χ4n) is 1.78. The molecule has 0 spiro atoms. The maximum absolute atomic E-state index is 11.1. The Morgan fingerprint density at radius 3 is 1.89 bits per heavy atom. The number of phenolic OH excluding ortho intramolecular Hbond substituents is 2. The van der Waals surface area contributed by atoms with E-state index in [1.165, 1.54) is 36.4 Å². The second-order valence-electron chi connectivity index (χ2n) is 3.68. The van der Waals surface area contributed by atoms with Crippen molar-refractivity contribution in [1.82, 2.24) is 0 Å². The minimum atomic E-state index is -1.34. The second-order valence-corrected chi connectivity index (χ2v) is 3.68. The van der Waals surface area contributed by atoms with E-state index in [9.17, 15) is 20.1 Å². The van der Waals surface area contributed by atoms with Crippen LogP contribution < -0.4 is 0 Å². The number of aromatic carboxylic acids is 1. The number of carboxylic acids is 1. The van der Waals surface area contributed by atoms with Gasteiger partial charge in [0, 0.05) is 5.56 Å². The lowest BCUT2D eigenvalue weighted by molar-refractivity contribution is 0.0694. The van der Waals surface area contributed by atoms with Crippen molar-refractivity contribution in [3.05, 3.63) is 42.0 Å². The third-order valence-corrected chi connectivity index (χ3v) is 2.55. The van der Waals surface area contributed by atoms with Gasteiger partial charge in [0.1, 0.15) is 22.8 Å². The predicted octanol–water partition coefficient (Wildman–Crippen LogP) is 2.17. The van der Waals surface area contributed by atoms with Crippen molar-refractivity contribution >= 4 is 5.97 Å². The van der Waals surface area contributed by atoms with Gasteiger partial charge in [-0.3, -0.25) is 0 Å². The summed E-state index contributed by atoms with van der Waals surface area (Å²) in [6, 6.07) is 8.14. The summed E-state index contributed by atoms with van der Waals surface area (Å²) in [6.45, 7) is 0. The first kappa shape index (κ1) is 11.8. The molecule has 0 aliphatic heterocycles. The van der Waals surface area contributed by atoms with Gasteiger partial charge in [-0.2, -0.15) is 0 Å². The summed E-state index contributed by atoms with van der Waals surface area (Å²) in [6.07, 6.45) is 0. The first-order valence-electron chi connectivity index (χ1n) is 5.09. The molecule has 0 saturated carbocycles. The minimum absolute atomic E-state index is 0.0224. The zero-order valence-corrected chi connectivity index (χ0v) is 9.16. The quantitative estimate of drug-likeness (QED) is 0.651. The Bertz CT molecular complexity index is 599. The molecular weight excluding hydrogens is 236 g/mol. The van der Waals surface area contributed by atoms with E-state index in [0.29, 0.717) is 0 Å². The Kier molecular flexibility index (Phi) is 2.81. The van der Waals surface area contributed by atoms with Crippen LogP contribution in [-0.2, 0) is 0 Å². The van der Waals surface area contributed by atoms with E-state index in [1.54, 1.807) is 0 Å². The molecule has 0 saturated heterocycles. The van der Waals surface area contributed by atoms with Gasteiger partial charge in [-0.05, 0) is 18.2 Å². The number of hydrogen-bond donors (Lipinski definition) is 4. The zero-order chi connectivity index (χ0) is 13.3. The molecule has 2 aromatic carbocycles. The molecule has 0 unspecified atom stereocenters. The Labute approximate surface area is 102 Å². The van der Waals surface area contributed by atoms with Gasteiger partial charge < -0.3 is 20.4 Å². The monoisotopic (exact) mass is 246 g/mol. The fourth-order valence-corrected chi connectivity index (χ4v) is 1.78. The van der Waals surface area contributed by atoms with E-state index < -0.39 is 11.7 Å². The van der Waals surface area contributed by atoms with Crippen LogP contribution in [0.25, 0.3) is 11.1 Å². The van der Waals surface area contributed by atoms with E-state index in [1.807, 2.05) is 0 Å². The average molecular weight is 246 g/mol. The number of benzene rings is 2. The van der Waals surface area contributed by atoms with Crippen LogP contribution >= 0.6 is 0 Å². The molecule has 2 aromatic rings. The molecule has 0 aliphatic carbocycles. The molecule has 5 heteroatoms. The molecule has 0 bridgehead atoms. The molecule has 4 N–H and O–H groups in total. The number of carboxylic acid groups (broad SMARTS) is 1. The van der Waals surface area contributed by atoms with Gasteiger partial charge in [0.2, 0.25) is 0 Å². The minimum Gasteiger partial charge on any atom is -0.507 e. The van der Waals surface area contributed by atoms with Gasteiger partial charge in [0.05, 0.1) is 5.56 Å². The molecule has 0 radical (unpaired) electrons. The molecule has 0 atom stereocenters. The van der Waals surface area contributed by atoms with Crippen LogP contribution in [0.2, 0.25) is 0 Å². The molecule has 0 heterocycles. The fraction of sp³-hybridized carbons (Fsp3) is 0. The topological polar surface area (TPSA) is 98.0 Å². The van der Waals surface area contributed by atoms with Crippen LogP contribution in [0, 0.1) is 0 Å². The van der Waals surface area contributed by atoms with Crippen LogP contribution in [0.15, 0.2) is 36.4 Å². The molecule has 0 aliphatic rings. The van der Waals surface area contributed by atoms with Crippen LogP contribution in [0.4, 0.5) is 0 Å². The molecule has 2 rings (SSSR count). The Hall–Kier alpha value is -2.69. The summed E-state index contributed by atoms with van der Waals surface area (Å²) in [5, 5.41) is 38.0. The largest absolute Gasteiger partial charge is 0.507 e. The van der Waals surface area contributed by atoms with Crippen LogP contribution in [0.1, 0.15) is 10.4 Å². The van der Waals surface area contributed by atoms with Crippen molar-refractivity contribution in [3.8, 4) is 28.4 Å². The Balaban J connectivity index is 2.80. The lowest BCUT2D eigenvalue weighted by Gasteiger charge is -2.11. The van der Waals surface area contributed by atoms with Crippen LogP contribution in [-0.4, -0.2) is 26.4 Å². The van der Waals surface area contributed by atoms with E-state index >= 15 is 0 Å². The Morgan fingerprint density at radius 1 is 0.833 bits per heavy atom.